The zero-order valence-electron chi connectivity index (χ0n) is 36.3. The molecule has 3 saturated heterocycles. The summed E-state index contributed by atoms with van der Waals surface area (Å²) in [4.78, 5) is 24.4. The third-order valence-corrected chi connectivity index (χ3v) is 17.8. The van der Waals surface area contributed by atoms with Gasteiger partial charge in [0.1, 0.15) is 24.4 Å². The molecule has 3 aliphatic heterocycles. The fourth-order valence-electron chi connectivity index (χ4n) is 15.2. The number of aliphatic hydroxyl groups is 6. The third-order valence-electron chi connectivity index (χ3n) is 17.8. The third kappa shape index (κ3) is 6.60. The lowest BCUT2D eigenvalue weighted by atomic mass is 9.41. The first kappa shape index (κ1) is 44.1. The molecule has 5 aliphatic carbocycles. The van der Waals surface area contributed by atoms with Crippen LogP contribution in [0.15, 0.2) is 0 Å². The Morgan fingerprint density at radius 2 is 1.34 bits per heavy atom. The van der Waals surface area contributed by atoms with Gasteiger partial charge in [-0.3, -0.25) is 9.59 Å². The second-order valence-electron chi connectivity index (χ2n) is 21.8. The predicted molar refractivity (Wildman–Crippen MR) is 207 cm³/mol. The maximum absolute atomic E-state index is 12.3. The molecule has 0 unspecified atom stereocenters. The van der Waals surface area contributed by atoms with Crippen LogP contribution in [0, 0.1) is 44.8 Å². The Bertz CT molecular complexity index is 1630. The molecule has 0 radical (unpaired) electrons. The van der Waals surface area contributed by atoms with Crippen molar-refractivity contribution in [3.05, 3.63) is 0 Å². The molecule has 0 amide bonds. The first-order valence-electron chi connectivity index (χ1n) is 22.0. The van der Waals surface area contributed by atoms with E-state index in [1.54, 1.807) is 13.8 Å². The average molecular weight is 839 g/mol. The molecule has 20 atom stereocenters. The van der Waals surface area contributed by atoms with Gasteiger partial charge in [-0.2, -0.15) is 0 Å². The van der Waals surface area contributed by atoms with E-state index in [9.17, 15) is 40.2 Å². The van der Waals surface area contributed by atoms with Crippen molar-refractivity contribution in [2.75, 3.05) is 13.2 Å². The molecule has 59 heavy (non-hydrogen) atoms. The van der Waals surface area contributed by atoms with Crippen LogP contribution in [0.3, 0.4) is 0 Å². The highest BCUT2D eigenvalue weighted by molar-refractivity contribution is 5.67. The highest BCUT2D eigenvalue weighted by Crippen LogP contribution is 2.89. The lowest BCUT2D eigenvalue weighted by molar-refractivity contribution is -0.327. The van der Waals surface area contributed by atoms with Crippen molar-refractivity contribution in [3.8, 4) is 0 Å². The highest BCUT2D eigenvalue weighted by atomic mass is 16.7. The van der Waals surface area contributed by atoms with Crippen molar-refractivity contribution in [1.82, 2.24) is 0 Å². The highest BCUT2D eigenvalue weighted by Gasteiger charge is 2.85. The van der Waals surface area contributed by atoms with E-state index in [4.69, 9.17) is 33.2 Å². The normalized spacial score (nSPS) is 54.0. The molecule has 8 aliphatic rings. The molecule has 0 bridgehead atoms. The van der Waals surface area contributed by atoms with Gasteiger partial charge in [-0.25, -0.2) is 0 Å². The van der Waals surface area contributed by atoms with Gasteiger partial charge in [0.2, 0.25) is 0 Å². The Hall–Kier alpha value is -1.50. The Balaban J connectivity index is 1.13. The molecular weight excluding hydrogens is 768 g/mol. The van der Waals surface area contributed by atoms with Crippen LogP contribution in [0.2, 0.25) is 0 Å². The summed E-state index contributed by atoms with van der Waals surface area (Å²) in [6.45, 7) is 16.7. The molecule has 3 heterocycles. The number of hydrogen-bond donors (Lipinski definition) is 6. The monoisotopic (exact) mass is 838 g/mol. The van der Waals surface area contributed by atoms with E-state index in [0.29, 0.717) is 25.7 Å². The SMILES string of the molecule is CC(=O)O[C@@H]1[C@@H](O[C@@H]2CC[C@]34C[C@]35CC[C@]3(C)[C@H]([C@]6(C)CC[C@H](C(C)(C)O)O6)[C@@H](O)C[C@@]3(C)[C@@H]5C[C@H](O[C@H]3OC[C@H](O)[C@H](O)[C@H]3O)[C@@H]4C2(C)C)OC[C@@H](O)[C@@H]1OC(C)=O. The number of fused-ring (bicyclic) bond motifs is 2. The molecule has 0 aromatic carbocycles. The molecule has 5 saturated carbocycles. The standard InChI is InChI=1S/C44H70O15/c1-21(45)55-32-25(49)19-54-37(33(32)56-22(2)46)58-28-11-13-44-20-43(44)15-14-40(7)34(42(9)12-10-29(59-42)39(5,6)52)23(47)17-41(40,8)27(43)16-26(35(44)38(28,3)4)57-36-31(51)30(50)24(48)18-53-36/h23-37,47-52H,10-20H2,1-9H3/t23-,24-,25+,26-,27-,28+,29+,30-,31+,32-,33-,34+,35+,36+,37+,40+,41-,42-,43-,44+/m0/s1. The first-order chi connectivity index (χ1) is 27.3. The summed E-state index contributed by atoms with van der Waals surface area (Å²) in [6.07, 6.45) is -5.24. The molecular formula is C44H70O15. The summed E-state index contributed by atoms with van der Waals surface area (Å²) in [5, 5.41) is 66.3. The minimum absolute atomic E-state index is 0.0659. The molecule has 2 spiro atoms. The molecule has 0 aromatic rings. The molecule has 15 heteroatoms. The number of carbonyl (C=O) groups is 2. The van der Waals surface area contributed by atoms with Gasteiger partial charge in [0.05, 0.1) is 48.8 Å². The minimum atomic E-state index is -1.49. The molecule has 6 N–H and O–H groups in total. The first-order valence-corrected chi connectivity index (χ1v) is 22.0. The van der Waals surface area contributed by atoms with E-state index < -0.39 is 96.1 Å². The van der Waals surface area contributed by atoms with Gasteiger partial charge in [-0.1, -0.05) is 27.7 Å². The average Bonchev–Trinajstić information content (AvgIpc) is 3.49. The van der Waals surface area contributed by atoms with Gasteiger partial charge in [-0.15, -0.1) is 0 Å². The van der Waals surface area contributed by atoms with Gasteiger partial charge in [0, 0.05) is 19.8 Å². The molecule has 8 fully saturated rings. The number of rotatable bonds is 8. The maximum Gasteiger partial charge on any atom is 0.303 e. The number of hydrogen-bond acceptors (Lipinski definition) is 15. The van der Waals surface area contributed by atoms with E-state index in [1.807, 2.05) is 0 Å². The number of aliphatic hydroxyl groups excluding tert-OH is 5. The molecule has 8 rings (SSSR count). The topological polar surface area (TPSA) is 220 Å². The molecule has 0 aromatic heterocycles. The van der Waals surface area contributed by atoms with E-state index >= 15 is 0 Å². The number of carbonyl (C=O) groups excluding carboxylic acids is 2. The quantitative estimate of drug-likeness (QED) is 0.153. The summed E-state index contributed by atoms with van der Waals surface area (Å²) >= 11 is 0. The zero-order chi connectivity index (χ0) is 43.0. The van der Waals surface area contributed by atoms with Crippen LogP contribution >= 0.6 is 0 Å². The lowest BCUT2D eigenvalue weighted by Gasteiger charge is -2.65. The fraction of sp³-hybridized carbons (Fsp3) is 0.955. The lowest BCUT2D eigenvalue weighted by Crippen LogP contribution is -2.65. The molecule has 15 nitrogen and oxygen atoms in total. The van der Waals surface area contributed by atoms with Gasteiger partial charge < -0.3 is 63.8 Å². The Labute approximate surface area is 347 Å². The van der Waals surface area contributed by atoms with E-state index in [0.717, 1.165) is 32.1 Å². The van der Waals surface area contributed by atoms with Crippen molar-refractivity contribution in [2.45, 2.75) is 205 Å². The van der Waals surface area contributed by atoms with Gasteiger partial charge in [0.15, 0.2) is 24.8 Å². The van der Waals surface area contributed by atoms with Crippen LogP contribution in [0.25, 0.3) is 0 Å². The van der Waals surface area contributed by atoms with E-state index in [-0.39, 0.29) is 58.7 Å². The summed E-state index contributed by atoms with van der Waals surface area (Å²) in [6, 6.07) is 0. The second-order valence-corrected chi connectivity index (χ2v) is 21.8. The van der Waals surface area contributed by atoms with Crippen molar-refractivity contribution in [2.24, 2.45) is 44.8 Å². The molecule has 336 valence electrons. The van der Waals surface area contributed by atoms with E-state index in [1.165, 1.54) is 13.8 Å². The largest absolute Gasteiger partial charge is 0.455 e. The smallest absolute Gasteiger partial charge is 0.303 e. The summed E-state index contributed by atoms with van der Waals surface area (Å²) in [5.74, 6) is -1.47. The van der Waals surface area contributed by atoms with Crippen molar-refractivity contribution in [3.63, 3.8) is 0 Å². The van der Waals surface area contributed by atoms with Gasteiger partial charge in [0.25, 0.3) is 0 Å². The van der Waals surface area contributed by atoms with Crippen molar-refractivity contribution in [1.29, 1.82) is 0 Å². The van der Waals surface area contributed by atoms with Crippen LogP contribution in [0.4, 0.5) is 0 Å². The Kier molecular flexibility index (Phi) is 10.9. The summed E-state index contributed by atoms with van der Waals surface area (Å²) < 4.78 is 43.5. The number of ether oxygens (including phenoxy) is 7. The summed E-state index contributed by atoms with van der Waals surface area (Å²) in [5.41, 5.74) is -3.16. The fourth-order valence-corrected chi connectivity index (χ4v) is 15.2. The van der Waals surface area contributed by atoms with Crippen LogP contribution in [-0.4, -0.2) is 141 Å². The summed E-state index contributed by atoms with van der Waals surface area (Å²) in [7, 11) is 0. The Morgan fingerprint density at radius 3 is 1.98 bits per heavy atom. The zero-order valence-corrected chi connectivity index (χ0v) is 36.3. The van der Waals surface area contributed by atoms with Gasteiger partial charge in [-0.05, 0) is 117 Å². The predicted octanol–water partition coefficient (Wildman–Crippen LogP) is 2.50. The van der Waals surface area contributed by atoms with Crippen LogP contribution in [0.1, 0.15) is 120 Å². The Morgan fingerprint density at radius 1 is 0.695 bits per heavy atom. The van der Waals surface area contributed by atoms with Crippen molar-refractivity contribution >= 4 is 11.9 Å². The van der Waals surface area contributed by atoms with Gasteiger partial charge >= 0.3 is 11.9 Å². The van der Waals surface area contributed by atoms with E-state index in [2.05, 4.69) is 34.6 Å². The second kappa shape index (κ2) is 14.5. The van der Waals surface area contributed by atoms with Crippen LogP contribution in [-0.2, 0) is 42.7 Å². The number of esters is 2. The minimum Gasteiger partial charge on any atom is -0.455 e. The van der Waals surface area contributed by atoms with Crippen molar-refractivity contribution < 1.29 is 73.4 Å². The van der Waals surface area contributed by atoms with Crippen LogP contribution < -0.4 is 0 Å². The van der Waals surface area contributed by atoms with Crippen LogP contribution in [0.5, 0.6) is 0 Å². The maximum atomic E-state index is 12.3.